The van der Waals surface area contributed by atoms with Crippen molar-refractivity contribution >= 4 is 11.6 Å². The summed E-state index contributed by atoms with van der Waals surface area (Å²) in [6.07, 6.45) is 2.49. The molecule has 2 heterocycles. The van der Waals surface area contributed by atoms with Crippen molar-refractivity contribution in [1.82, 2.24) is 14.9 Å². The first kappa shape index (κ1) is 13.6. The lowest BCUT2D eigenvalue weighted by molar-refractivity contribution is 0.233. The van der Waals surface area contributed by atoms with Crippen molar-refractivity contribution in [2.45, 2.75) is 38.6 Å². The van der Waals surface area contributed by atoms with Gasteiger partial charge in [0.2, 0.25) is 0 Å². The molecule has 1 aromatic heterocycles. The molecule has 0 amide bonds. The molecule has 1 aliphatic carbocycles. The van der Waals surface area contributed by atoms with Crippen molar-refractivity contribution in [2.75, 3.05) is 43.4 Å². The molecule has 1 atom stereocenters. The second-order valence-corrected chi connectivity index (χ2v) is 6.05. The van der Waals surface area contributed by atoms with Crippen LogP contribution in [0.2, 0.25) is 0 Å². The van der Waals surface area contributed by atoms with E-state index in [2.05, 4.69) is 47.1 Å². The Morgan fingerprint density at radius 1 is 1.30 bits per heavy atom. The zero-order valence-electron chi connectivity index (χ0n) is 12.8. The van der Waals surface area contributed by atoms with E-state index in [1.165, 1.54) is 12.8 Å². The third-order valence-electron chi connectivity index (χ3n) is 4.31. The number of likely N-dealkylation sites (N-methyl/N-ethyl adjacent to an activating group) is 1. The quantitative estimate of drug-likeness (QED) is 0.909. The topological polar surface area (TPSA) is 44.3 Å². The molecule has 0 spiro atoms. The molecule has 2 aliphatic rings. The van der Waals surface area contributed by atoms with Crippen molar-refractivity contribution < 1.29 is 0 Å². The van der Waals surface area contributed by atoms with Crippen LogP contribution < -0.4 is 10.2 Å². The smallest absolute Gasteiger partial charge is 0.136 e. The molecule has 0 radical (unpaired) electrons. The third-order valence-corrected chi connectivity index (χ3v) is 4.31. The SMILES string of the molecule is CCNc1cc(N2CCN(C)C(C)C2)nc(C2CC2)n1. The molecule has 20 heavy (non-hydrogen) atoms. The minimum Gasteiger partial charge on any atom is -0.370 e. The van der Waals surface area contributed by atoms with E-state index in [0.29, 0.717) is 12.0 Å². The summed E-state index contributed by atoms with van der Waals surface area (Å²) in [7, 11) is 2.20. The van der Waals surface area contributed by atoms with E-state index >= 15 is 0 Å². The van der Waals surface area contributed by atoms with Gasteiger partial charge in [-0.05, 0) is 33.7 Å². The molecule has 2 fully saturated rings. The number of anilines is 2. The van der Waals surface area contributed by atoms with Crippen LogP contribution in [0.5, 0.6) is 0 Å². The van der Waals surface area contributed by atoms with Crippen molar-refractivity contribution in [1.29, 1.82) is 0 Å². The van der Waals surface area contributed by atoms with Crippen LogP contribution >= 0.6 is 0 Å². The Balaban J connectivity index is 1.83. The number of aromatic nitrogens is 2. The van der Waals surface area contributed by atoms with Crippen LogP contribution in [0.4, 0.5) is 11.6 Å². The van der Waals surface area contributed by atoms with Crippen LogP contribution in [-0.2, 0) is 0 Å². The molecule has 1 saturated heterocycles. The van der Waals surface area contributed by atoms with Crippen LogP contribution in [0.25, 0.3) is 0 Å². The predicted molar refractivity (Wildman–Crippen MR) is 82.5 cm³/mol. The third kappa shape index (κ3) is 2.87. The molecule has 110 valence electrons. The lowest BCUT2D eigenvalue weighted by Crippen LogP contribution is -2.50. The number of nitrogens with zero attached hydrogens (tertiary/aromatic N) is 4. The Labute approximate surface area is 121 Å². The van der Waals surface area contributed by atoms with Crippen molar-refractivity contribution in [3.8, 4) is 0 Å². The average Bonchev–Trinajstić information content (AvgIpc) is 3.26. The van der Waals surface area contributed by atoms with Crippen molar-refractivity contribution in [2.24, 2.45) is 0 Å². The van der Waals surface area contributed by atoms with Gasteiger partial charge in [-0.15, -0.1) is 0 Å². The van der Waals surface area contributed by atoms with Gasteiger partial charge in [0, 0.05) is 44.2 Å². The summed E-state index contributed by atoms with van der Waals surface area (Å²) in [6, 6.07) is 2.68. The maximum atomic E-state index is 4.82. The molecular formula is C15H25N5. The fraction of sp³-hybridized carbons (Fsp3) is 0.733. The first-order chi connectivity index (χ1) is 9.67. The fourth-order valence-corrected chi connectivity index (χ4v) is 2.67. The van der Waals surface area contributed by atoms with Gasteiger partial charge in [0.05, 0.1) is 0 Å². The molecule has 0 aromatic carbocycles. The highest BCUT2D eigenvalue weighted by atomic mass is 15.3. The van der Waals surface area contributed by atoms with E-state index in [-0.39, 0.29) is 0 Å². The molecule has 1 aliphatic heterocycles. The highest BCUT2D eigenvalue weighted by Crippen LogP contribution is 2.39. The highest BCUT2D eigenvalue weighted by molar-refractivity contribution is 5.50. The monoisotopic (exact) mass is 275 g/mol. The Hall–Kier alpha value is -1.36. The standard InChI is InChI=1S/C15H25N5/c1-4-16-13-9-14(18-15(17-13)12-5-6-12)20-8-7-19(3)11(2)10-20/h9,11-12H,4-8,10H2,1-3H3,(H,16,17,18). The predicted octanol–water partition coefficient (Wildman–Crippen LogP) is 1.93. The Bertz CT molecular complexity index is 471. The van der Waals surface area contributed by atoms with Crippen LogP contribution in [-0.4, -0.2) is 54.1 Å². The molecule has 1 saturated carbocycles. The van der Waals surface area contributed by atoms with Gasteiger partial charge in [-0.3, -0.25) is 0 Å². The van der Waals surface area contributed by atoms with Gasteiger partial charge < -0.3 is 15.1 Å². The molecule has 1 N–H and O–H groups in total. The van der Waals surface area contributed by atoms with E-state index in [4.69, 9.17) is 4.98 Å². The normalized spacial score (nSPS) is 23.9. The average molecular weight is 275 g/mol. The van der Waals surface area contributed by atoms with Crippen molar-refractivity contribution in [3.05, 3.63) is 11.9 Å². The van der Waals surface area contributed by atoms with E-state index in [0.717, 1.165) is 43.6 Å². The minimum absolute atomic E-state index is 0.575. The van der Waals surface area contributed by atoms with Gasteiger partial charge in [-0.25, -0.2) is 9.97 Å². The summed E-state index contributed by atoms with van der Waals surface area (Å²) < 4.78 is 0. The molecule has 1 unspecified atom stereocenters. The largest absolute Gasteiger partial charge is 0.370 e. The second kappa shape index (κ2) is 5.56. The van der Waals surface area contributed by atoms with E-state index in [9.17, 15) is 0 Å². The summed E-state index contributed by atoms with van der Waals surface area (Å²) >= 11 is 0. The van der Waals surface area contributed by atoms with Gasteiger partial charge in [-0.2, -0.15) is 0 Å². The number of piperazine rings is 1. The molecule has 3 rings (SSSR count). The first-order valence-corrected chi connectivity index (χ1v) is 7.75. The first-order valence-electron chi connectivity index (χ1n) is 7.75. The molecular weight excluding hydrogens is 250 g/mol. The van der Waals surface area contributed by atoms with Crippen LogP contribution in [0.3, 0.4) is 0 Å². The van der Waals surface area contributed by atoms with Gasteiger partial charge in [0.25, 0.3) is 0 Å². The van der Waals surface area contributed by atoms with Crippen LogP contribution in [0.15, 0.2) is 6.07 Å². The molecule has 5 heteroatoms. The fourth-order valence-electron chi connectivity index (χ4n) is 2.67. The van der Waals surface area contributed by atoms with Crippen LogP contribution in [0.1, 0.15) is 38.4 Å². The summed E-state index contributed by atoms with van der Waals surface area (Å²) in [4.78, 5) is 14.3. The zero-order valence-corrected chi connectivity index (χ0v) is 12.8. The van der Waals surface area contributed by atoms with Gasteiger partial charge in [0.1, 0.15) is 17.5 Å². The summed E-state index contributed by atoms with van der Waals surface area (Å²) in [6.45, 7) is 8.48. The Morgan fingerprint density at radius 3 is 2.75 bits per heavy atom. The second-order valence-electron chi connectivity index (χ2n) is 6.05. The highest BCUT2D eigenvalue weighted by Gasteiger charge is 2.29. The maximum Gasteiger partial charge on any atom is 0.136 e. The number of hydrogen-bond acceptors (Lipinski definition) is 5. The van der Waals surface area contributed by atoms with Gasteiger partial charge in [0.15, 0.2) is 0 Å². The Morgan fingerprint density at radius 2 is 2.10 bits per heavy atom. The van der Waals surface area contributed by atoms with Gasteiger partial charge in [-0.1, -0.05) is 0 Å². The van der Waals surface area contributed by atoms with E-state index in [1.54, 1.807) is 0 Å². The zero-order chi connectivity index (χ0) is 14.1. The molecule has 5 nitrogen and oxygen atoms in total. The number of rotatable bonds is 4. The summed E-state index contributed by atoms with van der Waals surface area (Å²) in [5, 5.41) is 3.34. The lowest BCUT2D eigenvalue weighted by atomic mass is 10.2. The lowest BCUT2D eigenvalue weighted by Gasteiger charge is -2.38. The maximum absolute atomic E-state index is 4.82. The molecule has 1 aromatic rings. The van der Waals surface area contributed by atoms with E-state index in [1.807, 2.05) is 0 Å². The summed E-state index contributed by atoms with van der Waals surface area (Å²) in [5.74, 6) is 3.70. The van der Waals surface area contributed by atoms with Gasteiger partial charge >= 0.3 is 0 Å². The van der Waals surface area contributed by atoms with Crippen molar-refractivity contribution in [3.63, 3.8) is 0 Å². The summed E-state index contributed by atoms with van der Waals surface area (Å²) in [5.41, 5.74) is 0. The minimum atomic E-state index is 0.575. The number of nitrogens with one attached hydrogen (secondary N) is 1. The number of hydrogen-bond donors (Lipinski definition) is 1. The van der Waals surface area contributed by atoms with E-state index < -0.39 is 0 Å². The van der Waals surface area contributed by atoms with Crippen LogP contribution in [0, 0.1) is 0 Å². The molecule has 0 bridgehead atoms. The Kier molecular flexibility index (Phi) is 3.78.